The van der Waals surface area contributed by atoms with Crippen molar-refractivity contribution in [3.63, 3.8) is 0 Å². The first-order valence-corrected chi connectivity index (χ1v) is 5.67. The van der Waals surface area contributed by atoms with Crippen LogP contribution in [0.4, 0.5) is 13.2 Å². The molecule has 1 rings (SSSR count). The Kier molecular flexibility index (Phi) is 5.26. The van der Waals surface area contributed by atoms with Gasteiger partial charge in [-0.2, -0.15) is 13.2 Å². The van der Waals surface area contributed by atoms with Gasteiger partial charge in [0.2, 0.25) is 5.91 Å². The van der Waals surface area contributed by atoms with Gasteiger partial charge in [0.25, 0.3) is 5.91 Å². The van der Waals surface area contributed by atoms with Gasteiger partial charge >= 0.3 is 6.18 Å². The van der Waals surface area contributed by atoms with Crippen LogP contribution in [0.1, 0.15) is 16.2 Å². The van der Waals surface area contributed by atoms with Crippen molar-refractivity contribution in [3.8, 4) is 0 Å². The zero-order chi connectivity index (χ0) is 15.3. The second-order valence-corrected chi connectivity index (χ2v) is 4.09. The molecule has 1 aromatic rings. The first-order valence-electron chi connectivity index (χ1n) is 5.30. The number of carbonyl (C=O) groups excluding carboxylic acids is 2. The highest BCUT2D eigenvalue weighted by molar-refractivity contribution is 6.29. The maximum absolute atomic E-state index is 11.8. The molecule has 0 aliphatic rings. The number of nitrogens with one attached hydrogen (secondary N) is 2. The molecule has 0 saturated carbocycles. The summed E-state index contributed by atoms with van der Waals surface area (Å²) in [6.07, 6.45) is -3.27. The van der Waals surface area contributed by atoms with Crippen LogP contribution in [0.2, 0.25) is 5.15 Å². The molecule has 1 aromatic heterocycles. The average molecular weight is 311 g/mol. The number of nitrogens with zero attached hydrogens (tertiary/aromatic N) is 2. The number of rotatable bonds is 4. The van der Waals surface area contributed by atoms with E-state index >= 15 is 0 Å². The predicted molar refractivity (Wildman–Crippen MR) is 63.2 cm³/mol. The quantitative estimate of drug-likeness (QED) is 0.863. The number of alkyl halides is 3. The number of amides is 2. The largest absolute Gasteiger partial charge is 0.405 e. The molecule has 0 bridgehead atoms. The van der Waals surface area contributed by atoms with E-state index in [0.29, 0.717) is 0 Å². The van der Waals surface area contributed by atoms with Crippen LogP contribution in [0.5, 0.6) is 0 Å². The molecule has 0 saturated heterocycles. The van der Waals surface area contributed by atoms with Crippen molar-refractivity contribution in [2.75, 3.05) is 13.1 Å². The summed E-state index contributed by atoms with van der Waals surface area (Å²) in [7, 11) is 0. The lowest BCUT2D eigenvalue weighted by molar-refractivity contribution is -0.137. The number of hydrogen-bond acceptors (Lipinski definition) is 4. The summed E-state index contributed by atoms with van der Waals surface area (Å²) in [6, 6.07) is 0. The molecule has 0 radical (unpaired) electrons. The summed E-state index contributed by atoms with van der Waals surface area (Å²) >= 11 is 5.57. The van der Waals surface area contributed by atoms with Crippen LogP contribution in [-0.2, 0) is 4.79 Å². The normalized spacial score (nSPS) is 11.1. The fraction of sp³-hybridized carbons (Fsp3) is 0.400. The Morgan fingerprint density at radius 3 is 2.60 bits per heavy atom. The van der Waals surface area contributed by atoms with Crippen molar-refractivity contribution in [1.29, 1.82) is 0 Å². The molecule has 2 amide bonds. The Balaban J connectivity index is 2.51. The average Bonchev–Trinajstić information content (AvgIpc) is 2.35. The molecule has 110 valence electrons. The van der Waals surface area contributed by atoms with Gasteiger partial charge in [-0.3, -0.25) is 14.6 Å². The molecule has 0 aromatic carbocycles. The van der Waals surface area contributed by atoms with E-state index in [1.165, 1.54) is 13.1 Å². The van der Waals surface area contributed by atoms with E-state index < -0.39 is 31.1 Å². The minimum atomic E-state index is -4.51. The first kappa shape index (κ1) is 16.2. The third-order valence-corrected chi connectivity index (χ3v) is 2.22. The SMILES string of the molecule is Cc1ncc(Cl)nc1C(=O)NCC(=O)NCC(F)(F)F. The summed E-state index contributed by atoms with van der Waals surface area (Å²) in [5.74, 6) is -1.72. The molecule has 0 unspecified atom stereocenters. The standard InChI is InChI=1S/C10H10ClF3N4O2/c1-5-8(18-6(11)2-15-5)9(20)16-3-7(19)17-4-10(12,13)14/h2H,3-4H2,1H3,(H,16,20)(H,17,19). The molecule has 2 N–H and O–H groups in total. The Morgan fingerprint density at radius 2 is 2.00 bits per heavy atom. The van der Waals surface area contributed by atoms with Gasteiger partial charge in [-0.05, 0) is 6.92 Å². The molecule has 6 nitrogen and oxygen atoms in total. The number of aromatic nitrogens is 2. The molecular weight excluding hydrogens is 301 g/mol. The molecule has 0 aliphatic carbocycles. The molecule has 0 spiro atoms. The number of hydrogen-bond donors (Lipinski definition) is 2. The maximum Gasteiger partial charge on any atom is 0.405 e. The molecule has 0 aliphatic heterocycles. The zero-order valence-corrected chi connectivity index (χ0v) is 11.0. The monoisotopic (exact) mass is 310 g/mol. The van der Waals surface area contributed by atoms with Crippen LogP contribution in [0, 0.1) is 6.92 Å². The van der Waals surface area contributed by atoms with Gasteiger partial charge in [-0.1, -0.05) is 11.6 Å². The van der Waals surface area contributed by atoms with Crippen molar-refractivity contribution >= 4 is 23.4 Å². The predicted octanol–water partition coefficient (Wildman–Crippen LogP) is 0.847. The Labute approximate surface area is 116 Å². The first-order chi connectivity index (χ1) is 9.19. The second kappa shape index (κ2) is 6.51. The highest BCUT2D eigenvalue weighted by Gasteiger charge is 2.27. The lowest BCUT2D eigenvalue weighted by atomic mass is 10.3. The smallest absolute Gasteiger partial charge is 0.345 e. The van der Waals surface area contributed by atoms with Crippen LogP contribution in [0.25, 0.3) is 0 Å². The summed E-state index contributed by atoms with van der Waals surface area (Å²) in [5.41, 5.74) is 0.184. The Hall–Kier alpha value is -1.90. The maximum atomic E-state index is 11.8. The van der Waals surface area contributed by atoms with E-state index in [0.717, 1.165) is 0 Å². The number of aryl methyl sites for hydroxylation is 1. The molecule has 0 atom stereocenters. The van der Waals surface area contributed by atoms with E-state index in [1.54, 1.807) is 5.32 Å². The van der Waals surface area contributed by atoms with Crippen molar-refractivity contribution in [2.24, 2.45) is 0 Å². The zero-order valence-electron chi connectivity index (χ0n) is 10.2. The molecule has 0 fully saturated rings. The van der Waals surface area contributed by atoms with Gasteiger partial charge in [0.15, 0.2) is 5.69 Å². The van der Waals surface area contributed by atoms with E-state index in [9.17, 15) is 22.8 Å². The van der Waals surface area contributed by atoms with Crippen LogP contribution in [0.15, 0.2) is 6.20 Å². The van der Waals surface area contributed by atoms with Gasteiger partial charge in [0, 0.05) is 0 Å². The lowest BCUT2D eigenvalue weighted by Crippen LogP contribution is -2.41. The van der Waals surface area contributed by atoms with Crippen LogP contribution in [0.3, 0.4) is 0 Å². The summed E-state index contributed by atoms with van der Waals surface area (Å²) in [4.78, 5) is 30.2. The number of carbonyl (C=O) groups is 2. The fourth-order valence-electron chi connectivity index (χ4n) is 1.15. The van der Waals surface area contributed by atoms with Crippen LogP contribution < -0.4 is 10.6 Å². The van der Waals surface area contributed by atoms with Crippen molar-refractivity contribution in [2.45, 2.75) is 13.1 Å². The number of halogens is 4. The van der Waals surface area contributed by atoms with E-state index in [4.69, 9.17) is 11.6 Å². The van der Waals surface area contributed by atoms with Crippen LogP contribution >= 0.6 is 11.6 Å². The van der Waals surface area contributed by atoms with Gasteiger partial charge < -0.3 is 10.6 Å². The molecular formula is C10H10ClF3N4O2. The van der Waals surface area contributed by atoms with Gasteiger partial charge in [0.05, 0.1) is 18.4 Å². The second-order valence-electron chi connectivity index (χ2n) is 3.70. The van der Waals surface area contributed by atoms with Gasteiger partial charge in [-0.15, -0.1) is 0 Å². The lowest BCUT2D eigenvalue weighted by Gasteiger charge is -2.09. The van der Waals surface area contributed by atoms with Crippen molar-refractivity contribution in [3.05, 3.63) is 22.7 Å². The Morgan fingerprint density at radius 1 is 1.35 bits per heavy atom. The fourth-order valence-corrected chi connectivity index (χ4v) is 1.28. The molecule has 10 heteroatoms. The molecule has 1 heterocycles. The van der Waals surface area contributed by atoms with Crippen molar-refractivity contribution < 1.29 is 22.8 Å². The third kappa shape index (κ3) is 5.39. The summed E-state index contributed by atoms with van der Waals surface area (Å²) in [6.45, 7) is -0.567. The summed E-state index contributed by atoms with van der Waals surface area (Å²) < 4.78 is 35.5. The van der Waals surface area contributed by atoms with E-state index in [-0.39, 0.29) is 16.5 Å². The minimum Gasteiger partial charge on any atom is -0.345 e. The topological polar surface area (TPSA) is 84.0 Å². The van der Waals surface area contributed by atoms with E-state index in [2.05, 4.69) is 15.3 Å². The molecule has 20 heavy (non-hydrogen) atoms. The van der Waals surface area contributed by atoms with Gasteiger partial charge in [-0.25, -0.2) is 4.98 Å². The minimum absolute atomic E-state index is 0.0118. The highest BCUT2D eigenvalue weighted by atomic mass is 35.5. The summed E-state index contributed by atoms with van der Waals surface area (Å²) in [5, 5.41) is 3.73. The Bertz CT molecular complexity index is 522. The van der Waals surface area contributed by atoms with Crippen LogP contribution in [-0.4, -0.2) is 41.0 Å². The van der Waals surface area contributed by atoms with Crippen molar-refractivity contribution in [1.82, 2.24) is 20.6 Å². The van der Waals surface area contributed by atoms with Gasteiger partial charge in [0.1, 0.15) is 11.7 Å². The highest BCUT2D eigenvalue weighted by Crippen LogP contribution is 2.12. The third-order valence-electron chi connectivity index (χ3n) is 2.04. The van der Waals surface area contributed by atoms with E-state index in [1.807, 2.05) is 0 Å².